The molecule has 3 aromatic heterocycles. The largest absolute Gasteiger partial charge is 0.629 e. The second kappa shape index (κ2) is 22.7. The molecule has 2 aliphatic carbocycles. The number of sulfonamides is 1. The van der Waals surface area contributed by atoms with Gasteiger partial charge in [0.15, 0.2) is 17.3 Å². The van der Waals surface area contributed by atoms with Crippen LogP contribution in [0.1, 0.15) is 116 Å². The van der Waals surface area contributed by atoms with E-state index in [4.69, 9.17) is 14.2 Å². The van der Waals surface area contributed by atoms with Gasteiger partial charge in [-0.15, -0.1) is 0 Å². The number of carbonyl (C=O) groups is 1. The van der Waals surface area contributed by atoms with Crippen LogP contribution in [-0.4, -0.2) is 112 Å². The molecule has 10 rings (SSSR count). The quantitative estimate of drug-likeness (QED) is 0.0599. The van der Waals surface area contributed by atoms with Crippen molar-refractivity contribution in [3.63, 3.8) is 0 Å². The number of carbonyl (C=O) groups excluding carboxylic acids is 1. The SMILES string of the molecule is COc1cc(CN2CCC(N3CCN(c4ccc(C(=O)NS(=O)(=O)c5cnc(NCC6CCC(C)CC6)c([NH+](C)[O-])c5)c(Oc5cc6c(F)c[nH]c6nc5OC)c4)CC3)C(c3ccccc3C(C)C)C2)ccc1C1CC1. The van der Waals surface area contributed by atoms with Crippen LogP contribution in [0, 0.1) is 22.9 Å². The number of piperidine rings is 1. The lowest BCUT2D eigenvalue weighted by Gasteiger charge is -2.48. The van der Waals surface area contributed by atoms with Crippen LogP contribution in [0.5, 0.6) is 23.1 Å². The van der Waals surface area contributed by atoms with Gasteiger partial charge in [-0.3, -0.25) is 14.6 Å². The Hall–Kier alpha value is -6.31. The van der Waals surface area contributed by atoms with Gasteiger partial charge in [-0.1, -0.05) is 70.0 Å². The molecular formula is C58H72FN9O7S. The minimum absolute atomic E-state index is 0.000227. The first-order valence-electron chi connectivity index (χ1n) is 27.0. The first-order valence-corrected chi connectivity index (χ1v) is 28.5. The van der Waals surface area contributed by atoms with Crippen LogP contribution in [0.15, 0.2) is 90.1 Å². The Balaban J connectivity index is 0.888. The highest BCUT2D eigenvalue weighted by Crippen LogP contribution is 2.45. The van der Waals surface area contributed by atoms with Crippen molar-refractivity contribution in [2.45, 2.75) is 101 Å². The summed E-state index contributed by atoms with van der Waals surface area (Å²) in [6, 6.07) is 23.7. The van der Waals surface area contributed by atoms with E-state index in [2.05, 4.69) is 103 Å². The minimum Gasteiger partial charge on any atom is -0.629 e. The summed E-state index contributed by atoms with van der Waals surface area (Å²) in [6.07, 6.45) is 10.2. The highest BCUT2D eigenvalue weighted by molar-refractivity contribution is 7.90. The molecule has 3 atom stereocenters. The maximum Gasteiger partial charge on any atom is 0.268 e. The molecule has 18 heteroatoms. The molecule has 4 aliphatic rings. The summed E-state index contributed by atoms with van der Waals surface area (Å²) in [4.78, 5) is 33.0. The van der Waals surface area contributed by atoms with Crippen LogP contribution in [0.4, 0.5) is 21.6 Å². The highest BCUT2D eigenvalue weighted by atomic mass is 32.2. The number of methoxy groups -OCH3 is 2. The third-order valence-electron chi connectivity index (χ3n) is 16.2. The summed E-state index contributed by atoms with van der Waals surface area (Å²) in [6.45, 7) is 13.1. The molecule has 2 saturated heterocycles. The molecule has 404 valence electrons. The number of H-pyrrole nitrogens is 1. The van der Waals surface area contributed by atoms with E-state index in [0.29, 0.717) is 55.2 Å². The molecule has 1 amide bonds. The van der Waals surface area contributed by atoms with Gasteiger partial charge >= 0.3 is 0 Å². The van der Waals surface area contributed by atoms with Gasteiger partial charge in [-0.2, -0.15) is 4.98 Å². The van der Waals surface area contributed by atoms with Crippen molar-refractivity contribution in [2.24, 2.45) is 11.8 Å². The van der Waals surface area contributed by atoms with E-state index in [-0.39, 0.29) is 55.5 Å². The number of piperazine rings is 1. The number of nitrogens with zero attached hydrogens (tertiary/aromatic N) is 5. The van der Waals surface area contributed by atoms with E-state index in [1.165, 1.54) is 73.6 Å². The highest BCUT2D eigenvalue weighted by Gasteiger charge is 2.38. The molecule has 4 fully saturated rings. The second-order valence-corrected chi connectivity index (χ2v) is 23.4. The summed E-state index contributed by atoms with van der Waals surface area (Å²) in [7, 11) is -0.0395. The van der Waals surface area contributed by atoms with Crippen LogP contribution in [0.3, 0.4) is 0 Å². The van der Waals surface area contributed by atoms with E-state index < -0.39 is 21.7 Å². The van der Waals surface area contributed by atoms with Gasteiger partial charge in [-0.05, 0) is 96.2 Å². The number of amides is 1. The number of fused-ring (bicyclic) bond motifs is 1. The normalized spacial score (nSPS) is 21.1. The number of nitrogens with one attached hydrogen (secondary N) is 4. The van der Waals surface area contributed by atoms with Crippen LogP contribution < -0.4 is 34.2 Å². The van der Waals surface area contributed by atoms with Crippen LogP contribution in [-0.2, 0) is 16.6 Å². The van der Waals surface area contributed by atoms with Crippen LogP contribution >= 0.6 is 0 Å². The number of hydrogen-bond donors (Lipinski definition) is 4. The van der Waals surface area contributed by atoms with Gasteiger partial charge in [0.25, 0.3) is 21.8 Å². The van der Waals surface area contributed by atoms with Crippen molar-refractivity contribution in [1.82, 2.24) is 29.5 Å². The molecule has 6 aromatic rings. The predicted molar refractivity (Wildman–Crippen MR) is 293 cm³/mol. The predicted octanol–water partition coefficient (Wildman–Crippen LogP) is 9.09. The summed E-state index contributed by atoms with van der Waals surface area (Å²) < 4.78 is 63.1. The fourth-order valence-corrected chi connectivity index (χ4v) is 12.7. The van der Waals surface area contributed by atoms with E-state index in [9.17, 15) is 22.8 Å². The number of aromatic nitrogens is 3. The number of quaternary nitrogens is 1. The number of pyridine rings is 2. The standard InChI is InChI=1S/C58H72FN9O7S/c1-36(2)43-9-7-8-10-45(43)48-35-66(34-39-15-19-44(40-16-17-40)52(27-39)73-5)22-21-50(48)68-25-23-67(24-26-68)41-18-20-46(53(28-41)75-54-30-47-49(59)33-62-55(47)63-58(54)74-6)57(69)64-76(71,72)42-29-51(65(4)70)56(61-32-42)60-31-38-13-11-37(3)12-14-38/h7-10,15,18-20,27-30,32-33,36-38,40,48,50,65H,11-14,16-17,21-26,31,34-35H2,1-6H3,(H,60,61)(H,62,63)(H,64,69). The Morgan fingerprint density at radius 2 is 1.67 bits per heavy atom. The van der Waals surface area contributed by atoms with Gasteiger partial charge in [0.05, 0.1) is 38.4 Å². The second-order valence-electron chi connectivity index (χ2n) is 21.7. The fourth-order valence-electron chi connectivity index (χ4n) is 11.7. The zero-order chi connectivity index (χ0) is 53.3. The van der Waals surface area contributed by atoms with Gasteiger partial charge in [0.1, 0.15) is 27.9 Å². The van der Waals surface area contributed by atoms with E-state index in [1.807, 2.05) is 0 Å². The Labute approximate surface area is 446 Å². The lowest BCUT2D eigenvalue weighted by atomic mass is 9.80. The van der Waals surface area contributed by atoms with Gasteiger partial charge in [0, 0.05) is 94.4 Å². The number of hydrogen-bond acceptors (Lipinski definition) is 13. The van der Waals surface area contributed by atoms with Crippen LogP contribution in [0.2, 0.25) is 0 Å². The van der Waals surface area contributed by atoms with Gasteiger partial charge < -0.3 is 39.7 Å². The Morgan fingerprint density at radius 1 is 0.895 bits per heavy atom. The number of aromatic amines is 1. The molecule has 5 heterocycles. The summed E-state index contributed by atoms with van der Waals surface area (Å²) in [5.74, 6) is 2.15. The number of hydroxylamine groups is 1. The smallest absolute Gasteiger partial charge is 0.268 e. The van der Waals surface area contributed by atoms with E-state index >= 15 is 0 Å². The molecule has 0 spiro atoms. The Kier molecular flexibility index (Phi) is 15.9. The molecule has 4 N–H and O–H groups in total. The van der Waals surface area contributed by atoms with Crippen molar-refractivity contribution in [2.75, 3.05) is 77.3 Å². The first kappa shape index (κ1) is 53.1. The summed E-state index contributed by atoms with van der Waals surface area (Å²) in [5.41, 5.74) is 6.34. The van der Waals surface area contributed by atoms with Crippen LogP contribution in [0.25, 0.3) is 11.0 Å². The lowest BCUT2D eigenvalue weighted by molar-refractivity contribution is -0.751. The molecule has 16 nitrogen and oxygen atoms in total. The third-order valence-corrected chi connectivity index (χ3v) is 17.5. The molecule has 76 heavy (non-hydrogen) atoms. The number of benzene rings is 3. The first-order chi connectivity index (χ1) is 36.7. The van der Waals surface area contributed by atoms with E-state index in [1.54, 1.807) is 19.2 Å². The maximum absolute atomic E-state index is 15.0. The molecule has 3 unspecified atom stereocenters. The number of rotatable bonds is 18. The zero-order valence-electron chi connectivity index (χ0n) is 44.5. The molecule has 2 saturated carbocycles. The topological polar surface area (TPSA) is 182 Å². The summed E-state index contributed by atoms with van der Waals surface area (Å²) >= 11 is 0. The molecule has 2 aliphatic heterocycles. The minimum atomic E-state index is -4.57. The average Bonchev–Trinajstić information content (AvgIpc) is 4.22. The summed E-state index contributed by atoms with van der Waals surface area (Å²) in [5, 5.41) is 15.9. The van der Waals surface area contributed by atoms with Crippen molar-refractivity contribution in [3.05, 3.63) is 124 Å². The average molecular weight is 1060 g/mol. The number of halogens is 1. The fraction of sp³-hybridized carbons (Fsp3) is 0.466. The lowest BCUT2D eigenvalue weighted by Crippen LogP contribution is -2.98. The number of ether oxygens (including phenoxy) is 3. The van der Waals surface area contributed by atoms with Crippen molar-refractivity contribution >= 4 is 44.2 Å². The molecule has 0 radical (unpaired) electrons. The monoisotopic (exact) mass is 1060 g/mol. The maximum atomic E-state index is 15.0. The van der Waals surface area contributed by atoms with Gasteiger partial charge in [0.2, 0.25) is 0 Å². The Morgan fingerprint density at radius 3 is 2.39 bits per heavy atom. The van der Waals surface area contributed by atoms with E-state index in [0.717, 1.165) is 82.5 Å². The third kappa shape index (κ3) is 11.7. The van der Waals surface area contributed by atoms with Gasteiger partial charge in [-0.25, -0.2) is 22.5 Å². The van der Waals surface area contributed by atoms with Crippen molar-refractivity contribution in [1.29, 1.82) is 0 Å². The number of anilines is 2. The molecule has 0 bridgehead atoms. The van der Waals surface area contributed by atoms with Crippen molar-refractivity contribution in [3.8, 4) is 23.1 Å². The molecular weight excluding hydrogens is 986 g/mol. The van der Waals surface area contributed by atoms with Crippen molar-refractivity contribution < 1.29 is 36.9 Å². The number of likely N-dealkylation sites (tertiary alicyclic amines) is 1. The molecule has 3 aromatic carbocycles. The zero-order valence-corrected chi connectivity index (χ0v) is 45.4. The Bertz CT molecular complexity index is 3150.